The van der Waals surface area contributed by atoms with Crippen molar-refractivity contribution in [1.82, 2.24) is 39.8 Å². The van der Waals surface area contributed by atoms with Crippen LogP contribution >= 0.6 is 31.9 Å². The average molecular weight is 1710 g/mol. The number of nitrogens with zero attached hydrogens (tertiary/aromatic N) is 13. The summed E-state index contributed by atoms with van der Waals surface area (Å²) < 4.78 is 114. The van der Waals surface area contributed by atoms with Gasteiger partial charge in [-0.25, -0.2) is 38.5 Å². The van der Waals surface area contributed by atoms with Crippen LogP contribution in [0.4, 0.5) is 33.6 Å². The Hall–Kier alpha value is -8.07. The number of pyridine rings is 5. The van der Waals surface area contributed by atoms with Gasteiger partial charge < -0.3 is 51.6 Å². The SMILES string of the molecule is CC1(C)CN(c2cc(Br)cc3cccn23)CCN1S(C)(=O)=O.CC1(C)CN(c2cc(Br)cn3cccc23)CCN1S(C)(=O)=O.Cc1cc(C2CCN(C(=O)O)CC2)n2cccc2c1.Cc1cc(N2CCC(c3ccc(NS(C)(=O)=O)cc3)CC2)n2cccc2c1.Cc1cc(N2CCN(S(C)(=O)=O)CC2)n2cccc2c1. The Morgan fingerprint density at radius 2 is 0.882 bits per heavy atom. The van der Waals surface area contributed by atoms with Crippen molar-refractivity contribution >= 4 is 134 Å². The molecule has 11 aromatic rings. The molecule has 0 bridgehead atoms. The minimum absolute atomic E-state index is 0.433. The number of amides is 1. The molecular formula is C80H102Br2N14O10S4. The lowest BCUT2D eigenvalue weighted by molar-refractivity contribution is 0.131. The molecular weight excluding hydrogens is 1610 g/mol. The number of sulfonamides is 4. The molecule has 110 heavy (non-hydrogen) atoms. The van der Waals surface area contributed by atoms with Gasteiger partial charge in [-0.05, 0) is 246 Å². The normalized spacial score (nSPS) is 18.0. The summed E-state index contributed by atoms with van der Waals surface area (Å²) in [7, 11) is -12.7. The zero-order valence-corrected chi connectivity index (χ0v) is 70.9. The van der Waals surface area contributed by atoms with Crippen LogP contribution in [-0.2, 0) is 40.1 Å². The molecule has 5 aliphatic rings. The van der Waals surface area contributed by atoms with Crippen molar-refractivity contribution in [2.45, 2.75) is 97.1 Å². The van der Waals surface area contributed by atoms with Crippen molar-refractivity contribution in [2.75, 3.05) is 141 Å². The first-order valence-corrected chi connectivity index (χ1v) is 46.1. The number of carbonyl (C=O) groups is 1. The minimum atomic E-state index is -3.23. The molecule has 590 valence electrons. The van der Waals surface area contributed by atoms with E-state index in [0.717, 1.165) is 89.2 Å². The lowest BCUT2D eigenvalue weighted by atomic mass is 9.89. The molecule has 1 amide bonds. The van der Waals surface area contributed by atoms with Gasteiger partial charge in [-0.1, -0.05) is 28.1 Å². The Kier molecular flexibility index (Phi) is 24.4. The van der Waals surface area contributed by atoms with Crippen LogP contribution in [0.2, 0.25) is 0 Å². The minimum Gasteiger partial charge on any atom is -0.465 e. The van der Waals surface area contributed by atoms with E-state index in [1.54, 1.807) is 12.9 Å². The van der Waals surface area contributed by atoms with Crippen LogP contribution in [0.1, 0.15) is 93.2 Å². The zero-order valence-electron chi connectivity index (χ0n) is 64.4. The number of nitrogens with one attached hydrogen (secondary N) is 1. The smallest absolute Gasteiger partial charge is 0.407 e. The Morgan fingerprint density at radius 1 is 0.445 bits per heavy atom. The van der Waals surface area contributed by atoms with Gasteiger partial charge in [0, 0.05) is 188 Å². The highest BCUT2D eigenvalue weighted by molar-refractivity contribution is 9.10. The second-order valence-electron chi connectivity index (χ2n) is 30.9. The first kappa shape index (κ1) is 81.4. The van der Waals surface area contributed by atoms with Gasteiger partial charge in [0.15, 0.2) is 0 Å². The molecule has 30 heteroatoms. The number of piperidine rings is 2. The fourth-order valence-electron chi connectivity index (χ4n) is 16.4. The molecule has 0 saturated carbocycles. The second-order valence-corrected chi connectivity index (χ2v) is 40.3. The molecule has 16 rings (SSSR count). The molecule has 24 nitrogen and oxygen atoms in total. The lowest BCUT2D eigenvalue weighted by Gasteiger charge is -2.46. The van der Waals surface area contributed by atoms with Gasteiger partial charge in [-0.3, -0.25) is 4.72 Å². The summed E-state index contributed by atoms with van der Waals surface area (Å²) >= 11 is 7.11. The van der Waals surface area contributed by atoms with Crippen LogP contribution in [-0.4, -0.2) is 212 Å². The Labute approximate surface area is 664 Å². The number of halogens is 2. The maximum absolute atomic E-state index is 12.0. The highest BCUT2D eigenvalue weighted by atomic mass is 79.9. The number of hydrogen-bond donors (Lipinski definition) is 2. The standard InChI is InChI=1S/C21H25N3O2S.2C15H20BrN3O2S.C15H18N2O2.C14H19N3O2S/c1-16-14-20-4-3-11-24(20)21(15-16)23-12-9-18(10-13-23)17-5-7-19(8-6-17)22-27(2,25)26;1-15(2)11-18(7-8-19(15)22(3,20)21)14-9-12(16)10-17-6-4-5-13(14)17;1-15(2)11-17(7-8-19(15)22(3,20)21)14-10-12(16)9-13-5-4-6-18(13)14;1-11-9-13-3-2-6-17(13)14(10-11)12-4-7-16(8-5-12)15(18)19;1-12-10-13-4-3-5-17(13)14(11-12)15-6-8-16(9-7-15)20(2,18)19/h3-8,11,14-15,18,22H,9-10,12-13H2,1-2H3;2*4-6,9-10H,7-8,11H2,1-3H3;2-3,6,9-10,12H,4-5,7-8H2,1H3,(H,18,19);3-5,10-11H,6-9H2,1-2H3. The number of carboxylic acid groups (broad SMARTS) is 1. The van der Waals surface area contributed by atoms with Gasteiger partial charge in [0.2, 0.25) is 40.1 Å². The van der Waals surface area contributed by atoms with E-state index in [9.17, 15) is 38.5 Å². The Morgan fingerprint density at radius 3 is 1.37 bits per heavy atom. The monoisotopic (exact) mass is 1700 g/mol. The first-order valence-electron chi connectivity index (χ1n) is 37.1. The van der Waals surface area contributed by atoms with Crippen molar-refractivity contribution in [1.29, 1.82) is 0 Å². The molecule has 10 aromatic heterocycles. The third-order valence-corrected chi connectivity index (χ3v) is 27.1. The molecule has 5 saturated heterocycles. The van der Waals surface area contributed by atoms with E-state index in [4.69, 9.17) is 5.11 Å². The van der Waals surface area contributed by atoms with E-state index >= 15 is 0 Å². The third kappa shape index (κ3) is 19.3. The summed E-state index contributed by atoms with van der Waals surface area (Å²) in [5, 5.41) is 9.00. The van der Waals surface area contributed by atoms with Crippen LogP contribution in [0.5, 0.6) is 0 Å². The van der Waals surface area contributed by atoms with Crippen LogP contribution in [0, 0.1) is 20.8 Å². The highest BCUT2D eigenvalue weighted by Gasteiger charge is 2.41. The van der Waals surface area contributed by atoms with Gasteiger partial charge in [-0.15, -0.1) is 0 Å². The maximum atomic E-state index is 12.0. The van der Waals surface area contributed by atoms with Gasteiger partial charge in [-0.2, -0.15) is 12.9 Å². The maximum Gasteiger partial charge on any atom is 0.407 e. The number of likely N-dealkylation sites (tertiary alicyclic amines) is 1. The molecule has 0 spiro atoms. The fourth-order valence-corrected chi connectivity index (χ4v) is 21.4. The molecule has 0 atom stereocenters. The summed E-state index contributed by atoms with van der Waals surface area (Å²) in [6.07, 6.45) is 20.6. The average Bonchev–Trinajstić information content (AvgIpc) is 0.895. The quantitative estimate of drug-likeness (QED) is 0.123. The van der Waals surface area contributed by atoms with E-state index in [-0.39, 0.29) is 0 Å². The topological polar surface area (TPSA) is 234 Å². The number of aryl methyl sites for hydroxylation is 3. The molecule has 15 heterocycles. The van der Waals surface area contributed by atoms with Crippen molar-refractivity contribution in [3.05, 3.63) is 214 Å². The number of anilines is 5. The van der Waals surface area contributed by atoms with Gasteiger partial charge in [0.05, 0.1) is 36.2 Å². The summed E-state index contributed by atoms with van der Waals surface area (Å²) in [6.45, 7) is 23.8. The van der Waals surface area contributed by atoms with E-state index in [2.05, 4.69) is 208 Å². The number of benzene rings is 1. The number of rotatable bonds is 11. The molecule has 0 aliphatic carbocycles. The van der Waals surface area contributed by atoms with E-state index in [1.165, 1.54) is 80.2 Å². The number of hydrogen-bond acceptors (Lipinski definition) is 13. The molecule has 5 aliphatic heterocycles. The van der Waals surface area contributed by atoms with E-state index in [0.29, 0.717) is 83.0 Å². The lowest BCUT2D eigenvalue weighted by Crippen LogP contribution is -2.61. The summed E-state index contributed by atoms with van der Waals surface area (Å²) in [5.74, 6) is 4.44. The van der Waals surface area contributed by atoms with Crippen molar-refractivity contribution in [3.63, 3.8) is 0 Å². The van der Waals surface area contributed by atoms with E-state index in [1.807, 2.05) is 94.9 Å². The summed E-state index contributed by atoms with van der Waals surface area (Å²) in [6, 6.07) is 48.0. The Bertz CT molecular complexity index is 5460. The first-order chi connectivity index (χ1) is 51.8. The molecule has 5 fully saturated rings. The van der Waals surface area contributed by atoms with Crippen molar-refractivity contribution in [2.24, 2.45) is 0 Å². The number of piperazine rings is 3. The predicted octanol–water partition coefficient (Wildman–Crippen LogP) is 13.6. The van der Waals surface area contributed by atoms with Crippen LogP contribution in [0.25, 0.3) is 27.6 Å². The van der Waals surface area contributed by atoms with Crippen LogP contribution in [0.15, 0.2) is 186 Å². The van der Waals surface area contributed by atoms with Gasteiger partial charge in [0.1, 0.15) is 17.5 Å². The fraction of sp³-hybridized carbons (Fsp3) is 0.412. The largest absolute Gasteiger partial charge is 0.465 e. The van der Waals surface area contributed by atoms with Crippen molar-refractivity contribution in [3.8, 4) is 0 Å². The summed E-state index contributed by atoms with van der Waals surface area (Å²) in [4.78, 5) is 21.7. The molecule has 0 radical (unpaired) electrons. The number of aromatic nitrogens is 5. The summed E-state index contributed by atoms with van der Waals surface area (Å²) in [5.41, 5.74) is 13.1. The van der Waals surface area contributed by atoms with Crippen LogP contribution < -0.4 is 24.3 Å². The van der Waals surface area contributed by atoms with Gasteiger partial charge >= 0.3 is 6.09 Å². The zero-order chi connectivity index (χ0) is 79.0. The molecule has 2 N–H and O–H groups in total. The Balaban J connectivity index is 0.000000129. The van der Waals surface area contributed by atoms with Gasteiger partial charge in [0.25, 0.3) is 0 Å². The van der Waals surface area contributed by atoms with E-state index < -0.39 is 57.3 Å². The highest BCUT2D eigenvalue weighted by Crippen LogP contribution is 2.37. The second kappa shape index (κ2) is 32.9. The van der Waals surface area contributed by atoms with Crippen LogP contribution in [0.3, 0.4) is 0 Å². The third-order valence-electron chi connectivity index (χ3n) is 21.3. The van der Waals surface area contributed by atoms with Crippen molar-refractivity contribution < 1.29 is 43.6 Å². The predicted molar refractivity (Wildman–Crippen MR) is 452 cm³/mol. The number of fused-ring (bicyclic) bond motifs is 5. The molecule has 0 unspecified atom stereocenters. The molecule has 1 aromatic carbocycles.